The number of hydrogen-bond donors (Lipinski definition) is 2. The summed E-state index contributed by atoms with van der Waals surface area (Å²) in [6, 6.07) is 11.5. The topological polar surface area (TPSA) is 67.0 Å². The van der Waals surface area contributed by atoms with E-state index in [0.29, 0.717) is 16.5 Å². The summed E-state index contributed by atoms with van der Waals surface area (Å²) in [6.45, 7) is 0. The average Bonchev–Trinajstić information content (AvgIpc) is 3.13. The van der Waals surface area contributed by atoms with Crippen LogP contribution in [0.25, 0.3) is 10.9 Å². The number of benzene rings is 1. The Morgan fingerprint density at radius 3 is 2.77 bits per heavy atom. The molecule has 0 spiro atoms. The van der Waals surface area contributed by atoms with Crippen molar-refractivity contribution >= 4 is 28.4 Å². The second-order valence-electron chi connectivity index (χ2n) is 6.66. The van der Waals surface area contributed by atoms with Crippen molar-refractivity contribution in [3.8, 4) is 5.88 Å². The van der Waals surface area contributed by atoms with Crippen LogP contribution in [0.4, 0.5) is 0 Å². The maximum Gasteiger partial charge on any atom is 0.251 e. The van der Waals surface area contributed by atoms with Gasteiger partial charge in [0.25, 0.3) is 5.91 Å². The van der Waals surface area contributed by atoms with Crippen LogP contribution in [0.15, 0.2) is 48.8 Å². The Kier molecular flexibility index (Phi) is 4.80. The van der Waals surface area contributed by atoms with Crippen LogP contribution in [0.3, 0.4) is 0 Å². The molecule has 0 radical (unpaired) electrons. The van der Waals surface area contributed by atoms with Crippen molar-refractivity contribution < 1.29 is 9.53 Å². The quantitative estimate of drug-likeness (QED) is 0.719. The van der Waals surface area contributed by atoms with E-state index in [1.54, 1.807) is 18.3 Å². The molecule has 134 valence electrons. The fourth-order valence-electron chi connectivity index (χ4n) is 3.39. The van der Waals surface area contributed by atoms with Crippen molar-refractivity contribution in [1.82, 2.24) is 15.3 Å². The predicted molar refractivity (Wildman–Crippen MR) is 102 cm³/mol. The van der Waals surface area contributed by atoms with Crippen LogP contribution < -0.4 is 10.1 Å². The Bertz CT molecular complexity index is 899. The number of nitrogens with one attached hydrogen (secondary N) is 2. The van der Waals surface area contributed by atoms with Gasteiger partial charge >= 0.3 is 0 Å². The molecule has 0 saturated heterocycles. The van der Waals surface area contributed by atoms with E-state index in [2.05, 4.69) is 15.3 Å². The number of fused-ring (bicyclic) bond motifs is 1. The summed E-state index contributed by atoms with van der Waals surface area (Å²) in [5, 5.41) is 4.85. The van der Waals surface area contributed by atoms with Crippen LogP contribution in [0, 0.1) is 0 Å². The molecule has 2 heterocycles. The van der Waals surface area contributed by atoms with Crippen molar-refractivity contribution in [2.45, 2.75) is 37.8 Å². The number of hydrogen-bond acceptors (Lipinski definition) is 3. The Labute approximate surface area is 156 Å². The van der Waals surface area contributed by atoms with E-state index in [-0.39, 0.29) is 18.1 Å². The largest absolute Gasteiger partial charge is 0.474 e. The maximum absolute atomic E-state index is 12.5. The molecule has 1 aromatic carbocycles. The van der Waals surface area contributed by atoms with Crippen molar-refractivity contribution in [2.75, 3.05) is 0 Å². The SMILES string of the molecule is O=C(NC1CCC(Oc2ccc(Cl)cn2)CC1)c1ccc2cc[nH]c2c1. The smallest absolute Gasteiger partial charge is 0.251 e. The van der Waals surface area contributed by atoms with Gasteiger partial charge in [0.15, 0.2) is 0 Å². The molecule has 2 aromatic heterocycles. The molecule has 5 nitrogen and oxygen atoms in total. The van der Waals surface area contributed by atoms with Gasteiger partial charge in [0.2, 0.25) is 5.88 Å². The van der Waals surface area contributed by atoms with E-state index in [9.17, 15) is 4.79 Å². The van der Waals surface area contributed by atoms with Gasteiger partial charge in [0, 0.05) is 35.6 Å². The highest BCUT2D eigenvalue weighted by Crippen LogP contribution is 2.24. The zero-order valence-electron chi connectivity index (χ0n) is 14.2. The minimum Gasteiger partial charge on any atom is -0.474 e. The molecule has 0 bridgehead atoms. The molecule has 3 aromatic rings. The number of amides is 1. The molecule has 6 heteroatoms. The lowest BCUT2D eigenvalue weighted by molar-refractivity contribution is 0.0890. The highest BCUT2D eigenvalue weighted by atomic mass is 35.5. The summed E-state index contributed by atoms with van der Waals surface area (Å²) in [6.07, 6.45) is 7.18. The molecular formula is C20H20ClN3O2. The number of pyridine rings is 1. The van der Waals surface area contributed by atoms with Gasteiger partial charge in [-0.2, -0.15) is 0 Å². The Balaban J connectivity index is 1.30. The van der Waals surface area contributed by atoms with Gasteiger partial charge in [0.1, 0.15) is 6.10 Å². The first-order valence-electron chi connectivity index (χ1n) is 8.83. The number of aromatic amines is 1. The molecule has 4 rings (SSSR count). The van der Waals surface area contributed by atoms with E-state index < -0.39 is 0 Å². The molecule has 1 aliphatic carbocycles. The molecular weight excluding hydrogens is 350 g/mol. The molecule has 26 heavy (non-hydrogen) atoms. The van der Waals surface area contributed by atoms with E-state index in [0.717, 1.165) is 36.6 Å². The second kappa shape index (κ2) is 7.38. The van der Waals surface area contributed by atoms with Crippen molar-refractivity contribution in [2.24, 2.45) is 0 Å². The van der Waals surface area contributed by atoms with Crippen molar-refractivity contribution in [3.05, 3.63) is 59.4 Å². The van der Waals surface area contributed by atoms with Gasteiger partial charge < -0.3 is 15.0 Å². The molecule has 1 saturated carbocycles. The summed E-state index contributed by atoms with van der Waals surface area (Å²) >= 11 is 5.84. The van der Waals surface area contributed by atoms with Crippen LogP contribution in [0.5, 0.6) is 5.88 Å². The lowest BCUT2D eigenvalue weighted by atomic mass is 9.92. The van der Waals surface area contributed by atoms with Gasteiger partial charge in [-0.3, -0.25) is 4.79 Å². The summed E-state index contributed by atoms with van der Waals surface area (Å²) in [4.78, 5) is 19.8. The number of halogens is 1. The van der Waals surface area contributed by atoms with Crippen molar-refractivity contribution in [1.29, 1.82) is 0 Å². The van der Waals surface area contributed by atoms with Gasteiger partial charge in [-0.1, -0.05) is 17.7 Å². The molecule has 0 unspecified atom stereocenters. The van der Waals surface area contributed by atoms with Crippen LogP contribution in [-0.2, 0) is 0 Å². The van der Waals surface area contributed by atoms with Crippen LogP contribution in [0.2, 0.25) is 5.02 Å². The number of H-pyrrole nitrogens is 1. The van der Waals surface area contributed by atoms with E-state index in [4.69, 9.17) is 16.3 Å². The fraction of sp³-hybridized carbons (Fsp3) is 0.300. The molecule has 1 amide bonds. The number of ether oxygens (including phenoxy) is 1. The lowest BCUT2D eigenvalue weighted by Crippen LogP contribution is -2.39. The Morgan fingerprint density at radius 2 is 2.00 bits per heavy atom. The standard InChI is InChI=1S/C20H20ClN3O2/c21-15-3-8-19(23-12-15)26-17-6-4-16(5-7-17)24-20(25)14-2-1-13-9-10-22-18(13)11-14/h1-3,8-12,16-17,22H,4-7H2,(H,24,25). The summed E-state index contributed by atoms with van der Waals surface area (Å²) in [5.41, 5.74) is 1.66. The third-order valence-electron chi connectivity index (χ3n) is 4.81. The van der Waals surface area contributed by atoms with Gasteiger partial charge in [-0.25, -0.2) is 4.98 Å². The Hall–Kier alpha value is -2.53. The number of aromatic nitrogens is 2. The van der Waals surface area contributed by atoms with Crippen LogP contribution in [0.1, 0.15) is 36.0 Å². The molecule has 0 aliphatic heterocycles. The zero-order chi connectivity index (χ0) is 17.9. The number of nitrogens with zero attached hydrogens (tertiary/aromatic N) is 1. The van der Waals surface area contributed by atoms with Crippen LogP contribution in [-0.4, -0.2) is 28.0 Å². The third-order valence-corrected chi connectivity index (χ3v) is 5.04. The average molecular weight is 370 g/mol. The number of carbonyl (C=O) groups excluding carboxylic acids is 1. The summed E-state index contributed by atoms with van der Waals surface area (Å²) < 4.78 is 5.90. The number of rotatable bonds is 4. The number of carbonyl (C=O) groups is 1. The first kappa shape index (κ1) is 16.9. The minimum atomic E-state index is -0.0229. The minimum absolute atomic E-state index is 0.0229. The zero-order valence-corrected chi connectivity index (χ0v) is 15.0. The van der Waals surface area contributed by atoms with E-state index in [1.807, 2.05) is 30.5 Å². The highest BCUT2D eigenvalue weighted by molar-refractivity contribution is 6.30. The third kappa shape index (κ3) is 3.83. The lowest BCUT2D eigenvalue weighted by Gasteiger charge is -2.29. The maximum atomic E-state index is 12.5. The molecule has 1 fully saturated rings. The van der Waals surface area contributed by atoms with E-state index in [1.165, 1.54) is 0 Å². The van der Waals surface area contributed by atoms with Gasteiger partial charge in [-0.15, -0.1) is 0 Å². The van der Waals surface area contributed by atoms with Crippen molar-refractivity contribution in [3.63, 3.8) is 0 Å². The highest BCUT2D eigenvalue weighted by Gasteiger charge is 2.24. The normalized spacial score (nSPS) is 20.0. The van der Waals surface area contributed by atoms with E-state index >= 15 is 0 Å². The molecule has 0 atom stereocenters. The first-order chi connectivity index (χ1) is 12.7. The monoisotopic (exact) mass is 369 g/mol. The van der Waals surface area contributed by atoms with Crippen LogP contribution >= 0.6 is 11.6 Å². The fourth-order valence-corrected chi connectivity index (χ4v) is 3.50. The summed E-state index contributed by atoms with van der Waals surface area (Å²) in [7, 11) is 0. The predicted octanol–water partition coefficient (Wildman–Crippen LogP) is 4.34. The molecule has 2 N–H and O–H groups in total. The van der Waals surface area contributed by atoms with Gasteiger partial charge in [0.05, 0.1) is 5.02 Å². The Morgan fingerprint density at radius 1 is 1.15 bits per heavy atom. The summed E-state index contributed by atoms with van der Waals surface area (Å²) in [5.74, 6) is 0.575. The van der Waals surface area contributed by atoms with Gasteiger partial charge in [-0.05, 0) is 55.3 Å². The first-order valence-corrected chi connectivity index (χ1v) is 9.21. The second-order valence-corrected chi connectivity index (χ2v) is 7.10. The molecule has 1 aliphatic rings.